The van der Waals surface area contributed by atoms with Crippen molar-refractivity contribution in [3.05, 3.63) is 12.2 Å². The maximum absolute atomic E-state index is 11.3. The summed E-state index contributed by atoms with van der Waals surface area (Å²) in [6, 6.07) is 0. The van der Waals surface area contributed by atoms with Crippen molar-refractivity contribution >= 4 is 24.0 Å². The SMILES string of the molecule is C=C1[C@@H]2CC[C@@H]3[C@@](CC[C@@H]4[C@@]5(C)CCC[C@]43[C@@H]3OCCN3C5)(C2)[C@H]1O.I. The van der Waals surface area contributed by atoms with Crippen molar-refractivity contribution in [2.45, 2.75) is 70.6 Å². The van der Waals surface area contributed by atoms with Crippen LogP contribution in [-0.2, 0) is 4.74 Å². The minimum atomic E-state index is -0.259. The molecule has 2 saturated heterocycles. The van der Waals surface area contributed by atoms with Crippen LogP contribution in [0.2, 0.25) is 0 Å². The van der Waals surface area contributed by atoms with E-state index < -0.39 is 0 Å². The van der Waals surface area contributed by atoms with Crippen molar-refractivity contribution < 1.29 is 9.84 Å². The molecule has 0 radical (unpaired) electrons. The van der Waals surface area contributed by atoms with Crippen LogP contribution < -0.4 is 0 Å². The van der Waals surface area contributed by atoms with E-state index in [4.69, 9.17) is 4.74 Å². The molecule has 8 atom stereocenters. The average molecular weight is 471 g/mol. The molecule has 2 heterocycles. The van der Waals surface area contributed by atoms with Gasteiger partial charge in [-0.3, -0.25) is 4.90 Å². The maximum Gasteiger partial charge on any atom is 0.117 e. The summed E-state index contributed by atoms with van der Waals surface area (Å²) in [5.74, 6) is 2.01. The van der Waals surface area contributed by atoms with Crippen molar-refractivity contribution in [3.8, 4) is 0 Å². The minimum Gasteiger partial charge on any atom is -0.388 e. The van der Waals surface area contributed by atoms with Gasteiger partial charge in [0.2, 0.25) is 0 Å². The van der Waals surface area contributed by atoms with E-state index in [0.29, 0.717) is 23.5 Å². The first-order valence-electron chi connectivity index (χ1n) is 10.7. The van der Waals surface area contributed by atoms with Gasteiger partial charge in [-0.15, -0.1) is 24.0 Å². The van der Waals surface area contributed by atoms with E-state index in [-0.39, 0.29) is 40.9 Å². The molecular formula is C22H34INO2. The second kappa shape index (κ2) is 5.70. The second-order valence-electron chi connectivity index (χ2n) is 10.6. The van der Waals surface area contributed by atoms with Crippen LogP contribution in [0.4, 0.5) is 0 Å². The number of piperidine rings is 1. The van der Waals surface area contributed by atoms with Crippen LogP contribution in [0.3, 0.4) is 0 Å². The smallest absolute Gasteiger partial charge is 0.117 e. The number of aliphatic hydroxyl groups is 1. The third kappa shape index (κ3) is 1.91. The molecule has 6 fully saturated rings. The number of fused-ring (bicyclic) bond motifs is 2. The van der Waals surface area contributed by atoms with Gasteiger partial charge in [-0.2, -0.15) is 0 Å². The number of rotatable bonds is 0. The van der Waals surface area contributed by atoms with Gasteiger partial charge in [0.15, 0.2) is 0 Å². The molecule has 26 heavy (non-hydrogen) atoms. The van der Waals surface area contributed by atoms with Gasteiger partial charge in [0, 0.05) is 23.9 Å². The van der Waals surface area contributed by atoms with Gasteiger partial charge in [-0.1, -0.05) is 19.9 Å². The Hall–Kier alpha value is 0.350. The summed E-state index contributed by atoms with van der Waals surface area (Å²) >= 11 is 0. The molecular weight excluding hydrogens is 437 g/mol. The van der Waals surface area contributed by atoms with Crippen molar-refractivity contribution in [2.75, 3.05) is 19.7 Å². The highest BCUT2D eigenvalue weighted by atomic mass is 127. The number of nitrogens with zero attached hydrogens (tertiary/aromatic N) is 1. The van der Waals surface area contributed by atoms with Gasteiger partial charge in [0.25, 0.3) is 0 Å². The van der Waals surface area contributed by atoms with Crippen LogP contribution in [0.25, 0.3) is 0 Å². The maximum atomic E-state index is 11.3. The lowest BCUT2D eigenvalue weighted by Gasteiger charge is -2.70. The number of hydrogen-bond acceptors (Lipinski definition) is 3. The third-order valence-electron chi connectivity index (χ3n) is 9.95. The lowest BCUT2D eigenvalue weighted by atomic mass is 9.38. The lowest BCUT2D eigenvalue weighted by Crippen LogP contribution is -2.71. The van der Waals surface area contributed by atoms with Gasteiger partial charge < -0.3 is 9.84 Å². The fourth-order valence-electron chi connectivity index (χ4n) is 9.31. The zero-order chi connectivity index (χ0) is 17.0. The molecule has 0 amide bonds. The van der Waals surface area contributed by atoms with E-state index in [1.807, 2.05) is 0 Å². The summed E-state index contributed by atoms with van der Waals surface area (Å²) in [6.07, 6.45) is 10.4. The largest absolute Gasteiger partial charge is 0.388 e. The third-order valence-corrected chi connectivity index (χ3v) is 9.95. The van der Waals surface area contributed by atoms with E-state index >= 15 is 0 Å². The zero-order valence-corrected chi connectivity index (χ0v) is 18.4. The Kier molecular flexibility index (Phi) is 4.03. The van der Waals surface area contributed by atoms with Crippen LogP contribution in [0.15, 0.2) is 12.2 Å². The highest BCUT2D eigenvalue weighted by Gasteiger charge is 2.73. The first-order chi connectivity index (χ1) is 12.0. The van der Waals surface area contributed by atoms with Crippen LogP contribution >= 0.6 is 24.0 Å². The molecule has 4 heteroatoms. The summed E-state index contributed by atoms with van der Waals surface area (Å²) in [5.41, 5.74) is 2.03. The average Bonchev–Trinajstić information content (AvgIpc) is 3.12. The first-order valence-corrected chi connectivity index (χ1v) is 10.7. The van der Waals surface area contributed by atoms with Crippen LogP contribution in [0.5, 0.6) is 0 Å². The normalized spacial score (nSPS) is 57.8. The number of aliphatic hydroxyl groups excluding tert-OH is 1. The Morgan fingerprint density at radius 1 is 1.15 bits per heavy atom. The van der Waals surface area contributed by atoms with Crippen molar-refractivity contribution in [2.24, 2.45) is 34.0 Å². The van der Waals surface area contributed by atoms with Gasteiger partial charge in [0.05, 0.1) is 12.7 Å². The van der Waals surface area contributed by atoms with E-state index in [9.17, 15) is 5.11 Å². The highest BCUT2D eigenvalue weighted by Crippen LogP contribution is 2.75. The van der Waals surface area contributed by atoms with Crippen LogP contribution in [0, 0.1) is 34.0 Å². The van der Waals surface area contributed by atoms with Gasteiger partial charge >= 0.3 is 0 Å². The molecule has 3 nitrogen and oxygen atoms in total. The molecule has 0 aromatic rings. The summed E-state index contributed by atoms with van der Waals surface area (Å²) in [7, 11) is 0. The molecule has 1 spiro atoms. The second-order valence-corrected chi connectivity index (χ2v) is 10.6. The number of ether oxygens (including phenoxy) is 1. The number of halogens is 1. The Balaban J connectivity index is 0.00000150. The van der Waals surface area contributed by atoms with E-state index in [1.165, 1.54) is 57.9 Å². The molecule has 6 aliphatic rings. The molecule has 2 aliphatic heterocycles. The quantitative estimate of drug-likeness (QED) is 0.425. The van der Waals surface area contributed by atoms with Crippen molar-refractivity contribution in [1.29, 1.82) is 0 Å². The van der Waals surface area contributed by atoms with E-state index in [0.717, 1.165) is 24.6 Å². The standard InChI is InChI=1S/C22H33NO2.HI/c1-14-15-4-5-17-21(12-15,18(14)24)9-6-16-20(2)7-3-8-22(16,17)19-23(13-20)10-11-25-19;/h15-19,24H,1,3-13H2,2H3;1H/t15-,16-,17-,18+,19+,20+,21-,22+;/m1./s1. The van der Waals surface area contributed by atoms with E-state index in [1.54, 1.807) is 0 Å². The summed E-state index contributed by atoms with van der Waals surface area (Å²) < 4.78 is 6.48. The Bertz CT molecular complexity index is 640. The van der Waals surface area contributed by atoms with Crippen molar-refractivity contribution in [3.63, 3.8) is 0 Å². The van der Waals surface area contributed by atoms with Crippen LogP contribution in [0.1, 0.15) is 58.3 Å². The fourth-order valence-corrected chi connectivity index (χ4v) is 9.31. The Morgan fingerprint density at radius 3 is 2.85 bits per heavy atom. The molecule has 4 saturated carbocycles. The van der Waals surface area contributed by atoms with Crippen LogP contribution in [-0.4, -0.2) is 42.0 Å². The van der Waals surface area contributed by atoms with Gasteiger partial charge in [0.1, 0.15) is 6.23 Å². The molecule has 146 valence electrons. The monoisotopic (exact) mass is 471 g/mol. The Labute approximate surface area is 174 Å². The minimum absolute atomic E-state index is 0. The van der Waals surface area contributed by atoms with Gasteiger partial charge in [-0.25, -0.2) is 0 Å². The molecule has 4 bridgehead atoms. The molecule has 6 rings (SSSR count). The number of hydrogen-bond donors (Lipinski definition) is 1. The molecule has 1 N–H and O–H groups in total. The first kappa shape index (κ1) is 18.4. The fraction of sp³-hybridized carbons (Fsp3) is 0.909. The molecule has 4 aliphatic carbocycles. The topological polar surface area (TPSA) is 32.7 Å². The highest BCUT2D eigenvalue weighted by molar-refractivity contribution is 14.0. The predicted molar refractivity (Wildman–Crippen MR) is 112 cm³/mol. The lowest BCUT2D eigenvalue weighted by molar-refractivity contribution is -0.276. The summed E-state index contributed by atoms with van der Waals surface area (Å²) in [5, 5.41) is 11.3. The summed E-state index contributed by atoms with van der Waals surface area (Å²) in [4.78, 5) is 2.69. The predicted octanol–water partition coefficient (Wildman–Crippen LogP) is 4.20. The van der Waals surface area contributed by atoms with Crippen molar-refractivity contribution in [1.82, 2.24) is 4.90 Å². The molecule has 0 aromatic carbocycles. The van der Waals surface area contributed by atoms with Gasteiger partial charge in [-0.05, 0) is 73.7 Å². The summed E-state index contributed by atoms with van der Waals surface area (Å²) in [6.45, 7) is 10.2. The Morgan fingerprint density at radius 2 is 2.00 bits per heavy atom. The molecule has 0 aromatic heterocycles. The molecule has 0 unspecified atom stereocenters. The van der Waals surface area contributed by atoms with E-state index in [2.05, 4.69) is 18.4 Å². The zero-order valence-electron chi connectivity index (χ0n) is 16.1.